The molecule has 2 heteroatoms. The highest BCUT2D eigenvalue weighted by Gasteiger charge is 2.15. The van der Waals surface area contributed by atoms with E-state index in [1.165, 1.54) is 5.56 Å². The van der Waals surface area contributed by atoms with E-state index in [1.54, 1.807) is 0 Å². The Labute approximate surface area is 127 Å². The van der Waals surface area contributed by atoms with Crippen LogP contribution in [0.1, 0.15) is 30.9 Å². The van der Waals surface area contributed by atoms with E-state index in [9.17, 15) is 0 Å². The number of nitrogens with zero attached hydrogens (tertiary/aromatic N) is 1. The minimum atomic E-state index is 0.471. The molecule has 21 heavy (non-hydrogen) atoms. The van der Waals surface area contributed by atoms with Crippen LogP contribution >= 0.6 is 0 Å². The molecule has 0 saturated carbocycles. The van der Waals surface area contributed by atoms with Crippen molar-refractivity contribution >= 4 is 5.69 Å². The van der Waals surface area contributed by atoms with Gasteiger partial charge in [-0.15, -0.1) is 0 Å². The van der Waals surface area contributed by atoms with Gasteiger partial charge in [-0.3, -0.25) is 0 Å². The Kier molecular flexibility index (Phi) is 5.40. The lowest BCUT2D eigenvalue weighted by atomic mass is 9.88. The van der Waals surface area contributed by atoms with Crippen LogP contribution in [0.25, 0.3) is 0 Å². The topological polar surface area (TPSA) is 35.8 Å². The first kappa shape index (κ1) is 15.1. The molecule has 2 aromatic rings. The summed E-state index contributed by atoms with van der Waals surface area (Å²) in [6.45, 7) is 5.43. The first-order valence-corrected chi connectivity index (χ1v) is 7.45. The first-order chi connectivity index (χ1) is 10.2. The van der Waals surface area contributed by atoms with Crippen molar-refractivity contribution in [3.8, 4) is 6.07 Å². The van der Waals surface area contributed by atoms with E-state index >= 15 is 0 Å². The van der Waals surface area contributed by atoms with Gasteiger partial charge in [0.15, 0.2) is 0 Å². The third-order valence-corrected chi connectivity index (χ3v) is 3.80. The van der Waals surface area contributed by atoms with Gasteiger partial charge >= 0.3 is 0 Å². The molecule has 2 nitrogen and oxygen atoms in total. The number of rotatable bonds is 6. The van der Waals surface area contributed by atoms with Crippen molar-refractivity contribution in [3.63, 3.8) is 0 Å². The molecule has 2 rings (SSSR count). The number of hydrogen-bond donors (Lipinski definition) is 1. The molecule has 0 spiro atoms. The van der Waals surface area contributed by atoms with Gasteiger partial charge in [-0.1, -0.05) is 56.3 Å². The smallest absolute Gasteiger partial charge is 0.0669 e. The number of anilines is 1. The van der Waals surface area contributed by atoms with Crippen molar-refractivity contribution < 1.29 is 0 Å². The second-order valence-corrected chi connectivity index (χ2v) is 5.67. The summed E-state index contributed by atoms with van der Waals surface area (Å²) in [7, 11) is 0. The van der Waals surface area contributed by atoms with Gasteiger partial charge in [-0.25, -0.2) is 0 Å². The van der Waals surface area contributed by atoms with Crippen LogP contribution in [0.5, 0.6) is 0 Å². The molecule has 1 N–H and O–H groups in total. The molecule has 0 aliphatic heterocycles. The van der Waals surface area contributed by atoms with Gasteiger partial charge in [0.25, 0.3) is 0 Å². The second-order valence-electron chi connectivity index (χ2n) is 5.67. The summed E-state index contributed by atoms with van der Waals surface area (Å²) in [4.78, 5) is 0. The maximum Gasteiger partial charge on any atom is 0.0669 e. The molecular formula is C19H22N2. The van der Waals surface area contributed by atoms with Crippen LogP contribution in [-0.4, -0.2) is 6.54 Å². The summed E-state index contributed by atoms with van der Waals surface area (Å²) >= 11 is 0. The number of hydrogen-bond acceptors (Lipinski definition) is 2. The van der Waals surface area contributed by atoms with Gasteiger partial charge in [-0.2, -0.15) is 5.26 Å². The van der Waals surface area contributed by atoms with Crippen molar-refractivity contribution in [2.24, 2.45) is 5.92 Å². The summed E-state index contributed by atoms with van der Waals surface area (Å²) in [6, 6.07) is 20.9. The molecule has 0 heterocycles. The third-order valence-electron chi connectivity index (χ3n) is 3.80. The molecule has 2 aromatic carbocycles. The zero-order valence-corrected chi connectivity index (χ0v) is 12.7. The van der Waals surface area contributed by atoms with E-state index in [-0.39, 0.29) is 0 Å². The van der Waals surface area contributed by atoms with Gasteiger partial charge in [-0.05, 0) is 29.2 Å². The van der Waals surface area contributed by atoms with Gasteiger partial charge in [0.1, 0.15) is 0 Å². The maximum atomic E-state index is 8.69. The van der Waals surface area contributed by atoms with E-state index in [0.717, 1.165) is 17.8 Å². The molecular weight excluding hydrogens is 256 g/mol. The minimum Gasteiger partial charge on any atom is -0.384 e. The summed E-state index contributed by atoms with van der Waals surface area (Å²) in [5, 5.41) is 12.2. The summed E-state index contributed by atoms with van der Waals surface area (Å²) in [6.07, 6.45) is 0.471. The van der Waals surface area contributed by atoms with E-state index < -0.39 is 0 Å². The fourth-order valence-corrected chi connectivity index (χ4v) is 2.50. The predicted molar refractivity (Wildman–Crippen MR) is 88.3 cm³/mol. The van der Waals surface area contributed by atoms with Crippen LogP contribution in [0, 0.1) is 17.2 Å². The van der Waals surface area contributed by atoms with Gasteiger partial charge in [0.05, 0.1) is 12.5 Å². The molecule has 1 unspecified atom stereocenters. The van der Waals surface area contributed by atoms with Crippen molar-refractivity contribution in [2.45, 2.75) is 26.2 Å². The van der Waals surface area contributed by atoms with E-state index in [1.807, 2.05) is 12.1 Å². The van der Waals surface area contributed by atoms with Crippen LogP contribution < -0.4 is 5.32 Å². The van der Waals surface area contributed by atoms with Crippen LogP contribution in [0.15, 0.2) is 54.6 Å². The molecule has 0 bridgehead atoms. The normalized spacial score (nSPS) is 11.9. The number of nitrogens with one attached hydrogen (secondary N) is 1. The van der Waals surface area contributed by atoms with Crippen molar-refractivity contribution in [1.29, 1.82) is 5.26 Å². The van der Waals surface area contributed by atoms with Gasteiger partial charge in [0, 0.05) is 18.2 Å². The molecule has 0 fully saturated rings. The summed E-state index contributed by atoms with van der Waals surface area (Å²) < 4.78 is 0. The summed E-state index contributed by atoms with van der Waals surface area (Å²) in [5.41, 5.74) is 3.55. The first-order valence-electron chi connectivity index (χ1n) is 7.45. The van der Waals surface area contributed by atoms with Gasteiger partial charge in [0.2, 0.25) is 0 Å². The Morgan fingerprint density at radius 1 is 1.00 bits per heavy atom. The van der Waals surface area contributed by atoms with Crippen molar-refractivity contribution in [3.05, 3.63) is 65.7 Å². The third kappa shape index (κ3) is 4.36. The molecule has 0 radical (unpaired) electrons. The lowest BCUT2D eigenvalue weighted by Gasteiger charge is -2.22. The van der Waals surface area contributed by atoms with Crippen LogP contribution in [0.2, 0.25) is 0 Å². The van der Waals surface area contributed by atoms with Crippen LogP contribution in [0.3, 0.4) is 0 Å². The Morgan fingerprint density at radius 2 is 1.67 bits per heavy atom. The van der Waals surface area contributed by atoms with Gasteiger partial charge < -0.3 is 5.32 Å². The number of nitriles is 1. The Morgan fingerprint density at radius 3 is 2.24 bits per heavy atom. The molecule has 0 aliphatic carbocycles. The minimum absolute atomic E-state index is 0.471. The van der Waals surface area contributed by atoms with E-state index in [4.69, 9.17) is 5.26 Å². The monoisotopic (exact) mass is 278 g/mol. The van der Waals surface area contributed by atoms with Crippen LogP contribution in [0.4, 0.5) is 5.69 Å². The number of benzene rings is 2. The Hall–Kier alpha value is -2.27. The predicted octanol–water partition coefficient (Wildman–Crippen LogP) is 4.60. The highest BCUT2D eigenvalue weighted by atomic mass is 14.9. The quantitative estimate of drug-likeness (QED) is 0.838. The molecule has 1 atom stereocenters. The maximum absolute atomic E-state index is 8.69. The summed E-state index contributed by atoms with van der Waals surface area (Å²) in [5.74, 6) is 1.07. The average molecular weight is 278 g/mol. The van der Waals surface area contributed by atoms with Crippen molar-refractivity contribution in [1.82, 2.24) is 0 Å². The Bertz CT molecular complexity index is 579. The molecule has 108 valence electrons. The lowest BCUT2D eigenvalue weighted by Crippen LogP contribution is -2.17. The largest absolute Gasteiger partial charge is 0.384 e. The van der Waals surface area contributed by atoms with Crippen molar-refractivity contribution in [2.75, 3.05) is 11.9 Å². The molecule has 0 amide bonds. The molecule has 0 aliphatic rings. The highest BCUT2D eigenvalue weighted by Crippen LogP contribution is 2.24. The standard InChI is InChI=1S/C19H22N2/c1-15(2)19(17-6-4-3-5-7-17)14-21-18-10-8-16(9-11-18)12-13-20/h3-11,15,19,21H,12,14H2,1-2H3. The molecule has 0 aromatic heterocycles. The fraction of sp³-hybridized carbons (Fsp3) is 0.316. The zero-order valence-electron chi connectivity index (χ0n) is 12.7. The SMILES string of the molecule is CC(C)C(CNc1ccc(CC#N)cc1)c1ccccc1. The lowest BCUT2D eigenvalue weighted by molar-refractivity contribution is 0.517. The van der Waals surface area contributed by atoms with Crippen LogP contribution in [-0.2, 0) is 6.42 Å². The highest BCUT2D eigenvalue weighted by molar-refractivity contribution is 5.45. The second kappa shape index (κ2) is 7.50. The molecule has 0 saturated heterocycles. The Balaban J connectivity index is 2.01. The average Bonchev–Trinajstić information content (AvgIpc) is 2.50. The zero-order chi connectivity index (χ0) is 15.1. The fourth-order valence-electron chi connectivity index (χ4n) is 2.50. The van der Waals surface area contributed by atoms with E-state index in [2.05, 4.69) is 67.7 Å². The van der Waals surface area contributed by atoms with E-state index in [0.29, 0.717) is 18.3 Å².